The third-order valence-corrected chi connectivity index (χ3v) is 5.67. The zero-order valence-corrected chi connectivity index (χ0v) is 20.4. The Bertz CT molecular complexity index is 701. The van der Waals surface area contributed by atoms with E-state index in [1.807, 2.05) is 59.0 Å². The minimum Gasteiger partial charge on any atom is -0.444 e. The van der Waals surface area contributed by atoms with Gasteiger partial charge in [-0.3, -0.25) is 4.99 Å². The summed E-state index contributed by atoms with van der Waals surface area (Å²) in [5, 5.41) is 3.51. The summed E-state index contributed by atoms with van der Waals surface area (Å²) in [6.07, 6.45) is 8.00. The third-order valence-electron chi connectivity index (χ3n) is 5.67. The van der Waals surface area contributed by atoms with Crippen LogP contribution in [-0.2, 0) is 11.3 Å². The lowest BCUT2D eigenvalue weighted by Crippen LogP contribution is -2.48. The summed E-state index contributed by atoms with van der Waals surface area (Å²) in [5.74, 6) is 2.55. The second-order valence-electron chi connectivity index (χ2n) is 9.30. The number of unbranched alkanes of at least 4 members (excludes halogenated alkanes) is 1. The van der Waals surface area contributed by atoms with Gasteiger partial charge in [0, 0.05) is 58.7 Å². The Morgan fingerprint density at radius 1 is 1.32 bits per heavy atom. The fourth-order valence-electron chi connectivity index (χ4n) is 3.88. The lowest BCUT2D eigenvalue weighted by Gasteiger charge is -2.36. The lowest BCUT2D eigenvalue weighted by atomic mass is 9.96. The highest BCUT2D eigenvalue weighted by atomic mass is 16.6. The first-order chi connectivity index (χ1) is 14.7. The average Bonchev–Trinajstić information content (AvgIpc) is 3.13. The maximum Gasteiger partial charge on any atom is 0.410 e. The SMILES string of the molecule is CCN(CC1CCN(C(=NC)NCCCCn2ccnc2C)CC1)C(=O)OC(C)(C)C. The van der Waals surface area contributed by atoms with Crippen LogP contribution in [0.3, 0.4) is 0 Å². The van der Waals surface area contributed by atoms with Crippen molar-refractivity contribution in [2.24, 2.45) is 10.9 Å². The van der Waals surface area contributed by atoms with Crippen LogP contribution >= 0.6 is 0 Å². The maximum absolute atomic E-state index is 12.4. The fraction of sp³-hybridized carbons (Fsp3) is 0.783. The first kappa shape index (κ1) is 25.0. The first-order valence-corrected chi connectivity index (χ1v) is 11.6. The molecule has 0 spiro atoms. The summed E-state index contributed by atoms with van der Waals surface area (Å²) in [4.78, 5) is 25.3. The van der Waals surface area contributed by atoms with Crippen molar-refractivity contribution in [3.8, 4) is 0 Å². The van der Waals surface area contributed by atoms with E-state index < -0.39 is 5.60 Å². The molecule has 0 saturated carbocycles. The molecule has 1 aliphatic rings. The fourth-order valence-corrected chi connectivity index (χ4v) is 3.88. The molecule has 176 valence electrons. The standard InChI is InChI=1S/C23H42N6O2/c1-7-27(22(30)31-23(3,4)5)18-20-10-15-29(16-11-20)21(24-6)26-12-8-9-14-28-17-13-25-19(28)2/h13,17,20H,7-12,14-16,18H2,1-6H3,(H,24,26). The Kier molecular flexibility index (Phi) is 9.65. The summed E-state index contributed by atoms with van der Waals surface area (Å²) in [5.41, 5.74) is -0.455. The number of guanidine groups is 1. The van der Waals surface area contributed by atoms with Gasteiger partial charge in [-0.1, -0.05) is 0 Å². The molecule has 1 aromatic heterocycles. The van der Waals surface area contributed by atoms with Gasteiger partial charge < -0.3 is 24.4 Å². The van der Waals surface area contributed by atoms with Crippen molar-refractivity contribution in [1.82, 2.24) is 24.7 Å². The van der Waals surface area contributed by atoms with Gasteiger partial charge in [0.2, 0.25) is 0 Å². The van der Waals surface area contributed by atoms with E-state index in [0.717, 1.165) is 70.2 Å². The van der Waals surface area contributed by atoms with Gasteiger partial charge in [0.05, 0.1) is 0 Å². The first-order valence-electron chi connectivity index (χ1n) is 11.6. The molecular formula is C23H42N6O2. The Hall–Kier alpha value is -2.25. The number of ether oxygens (including phenoxy) is 1. The highest BCUT2D eigenvalue weighted by Gasteiger charge is 2.27. The summed E-state index contributed by atoms with van der Waals surface area (Å²) in [6, 6.07) is 0. The number of aromatic nitrogens is 2. The number of amides is 1. The molecule has 0 radical (unpaired) electrons. The van der Waals surface area contributed by atoms with Gasteiger partial charge in [-0.25, -0.2) is 9.78 Å². The molecule has 0 aliphatic carbocycles. The maximum atomic E-state index is 12.4. The number of hydrogen-bond acceptors (Lipinski definition) is 4. The van der Waals surface area contributed by atoms with E-state index >= 15 is 0 Å². The van der Waals surface area contributed by atoms with E-state index in [-0.39, 0.29) is 6.09 Å². The van der Waals surface area contributed by atoms with E-state index in [1.54, 1.807) is 0 Å². The zero-order chi connectivity index (χ0) is 22.9. The van der Waals surface area contributed by atoms with Crippen LogP contribution in [0.1, 0.15) is 59.2 Å². The monoisotopic (exact) mass is 434 g/mol. The predicted octanol–water partition coefficient (Wildman–Crippen LogP) is 3.52. The van der Waals surface area contributed by atoms with Crippen molar-refractivity contribution >= 4 is 12.1 Å². The number of carbonyl (C=O) groups is 1. The van der Waals surface area contributed by atoms with Crippen molar-refractivity contribution in [3.63, 3.8) is 0 Å². The molecule has 1 aliphatic heterocycles. The van der Waals surface area contributed by atoms with E-state index in [9.17, 15) is 4.79 Å². The topological polar surface area (TPSA) is 75.0 Å². The number of rotatable bonds is 8. The van der Waals surface area contributed by atoms with Crippen molar-refractivity contribution in [2.75, 3.05) is 39.8 Å². The molecule has 1 amide bonds. The molecule has 8 nitrogen and oxygen atoms in total. The Morgan fingerprint density at radius 3 is 2.58 bits per heavy atom. The van der Waals surface area contributed by atoms with Crippen LogP contribution in [0.2, 0.25) is 0 Å². The molecule has 2 rings (SSSR count). The summed E-state index contributed by atoms with van der Waals surface area (Å²) >= 11 is 0. The van der Waals surface area contributed by atoms with Gasteiger partial charge in [0.15, 0.2) is 5.96 Å². The van der Waals surface area contributed by atoms with Crippen LogP contribution in [0, 0.1) is 12.8 Å². The van der Waals surface area contributed by atoms with E-state index in [1.165, 1.54) is 0 Å². The van der Waals surface area contributed by atoms with Gasteiger partial charge in [-0.05, 0) is 66.2 Å². The molecule has 0 aromatic carbocycles. The van der Waals surface area contributed by atoms with Gasteiger partial charge in [0.25, 0.3) is 0 Å². The number of piperidine rings is 1. The molecule has 0 unspecified atom stereocenters. The number of nitrogens with zero attached hydrogens (tertiary/aromatic N) is 5. The zero-order valence-electron chi connectivity index (χ0n) is 20.4. The van der Waals surface area contributed by atoms with Crippen LogP contribution in [0.4, 0.5) is 4.79 Å². The van der Waals surface area contributed by atoms with E-state index in [0.29, 0.717) is 12.5 Å². The van der Waals surface area contributed by atoms with Crippen molar-refractivity contribution in [3.05, 3.63) is 18.2 Å². The van der Waals surface area contributed by atoms with E-state index in [2.05, 4.69) is 24.8 Å². The molecular weight excluding hydrogens is 392 g/mol. The predicted molar refractivity (Wildman–Crippen MR) is 125 cm³/mol. The van der Waals surface area contributed by atoms with Crippen LogP contribution in [-0.4, -0.2) is 76.8 Å². The van der Waals surface area contributed by atoms with Crippen LogP contribution < -0.4 is 5.32 Å². The minimum atomic E-state index is -0.455. The van der Waals surface area contributed by atoms with Crippen molar-refractivity contribution < 1.29 is 9.53 Å². The second-order valence-corrected chi connectivity index (χ2v) is 9.30. The highest BCUT2D eigenvalue weighted by molar-refractivity contribution is 5.79. The number of hydrogen-bond donors (Lipinski definition) is 1. The van der Waals surface area contributed by atoms with Crippen molar-refractivity contribution in [2.45, 2.75) is 72.4 Å². The largest absolute Gasteiger partial charge is 0.444 e. The van der Waals surface area contributed by atoms with Crippen LogP contribution in [0.5, 0.6) is 0 Å². The Morgan fingerprint density at radius 2 is 2.03 bits per heavy atom. The lowest BCUT2D eigenvalue weighted by molar-refractivity contribution is 0.0214. The summed E-state index contributed by atoms with van der Waals surface area (Å²) in [7, 11) is 1.85. The number of imidazole rings is 1. The van der Waals surface area contributed by atoms with Gasteiger partial charge in [-0.2, -0.15) is 0 Å². The second kappa shape index (κ2) is 12.0. The molecule has 1 N–H and O–H groups in total. The number of aryl methyl sites for hydroxylation is 2. The molecule has 1 saturated heterocycles. The third kappa shape index (κ3) is 8.42. The quantitative estimate of drug-likeness (QED) is 0.385. The number of likely N-dealkylation sites (tertiary alicyclic amines) is 1. The number of aliphatic imine (C=N–C) groups is 1. The van der Waals surface area contributed by atoms with Crippen LogP contribution in [0.15, 0.2) is 17.4 Å². The highest BCUT2D eigenvalue weighted by Crippen LogP contribution is 2.20. The van der Waals surface area contributed by atoms with Gasteiger partial charge in [0.1, 0.15) is 11.4 Å². The minimum absolute atomic E-state index is 0.208. The average molecular weight is 435 g/mol. The number of nitrogens with one attached hydrogen (secondary N) is 1. The molecule has 2 heterocycles. The smallest absolute Gasteiger partial charge is 0.410 e. The Balaban J connectivity index is 1.69. The molecule has 8 heteroatoms. The van der Waals surface area contributed by atoms with Crippen LogP contribution in [0.25, 0.3) is 0 Å². The Labute approximate surface area is 188 Å². The molecule has 1 fully saturated rings. The molecule has 0 bridgehead atoms. The van der Waals surface area contributed by atoms with Crippen molar-refractivity contribution in [1.29, 1.82) is 0 Å². The number of carbonyl (C=O) groups excluding carboxylic acids is 1. The molecule has 1 aromatic rings. The normalized spacial score (nSPS) is 15.8. The summed E-state index contributed by atoms with van der Waals surface area (Å²) < 4.78 is 7.74. The molecule has 0 atom stereocenters. The summed E-state index contributed by atoms with van der Waals surface area (Å²) in [6.45, 7) is 15.1. The van der Waals surface area contributed by atoms with Gasteiger partial charge in [-0.15, -0.1) is 0 Å². The van der Waals surface area contributed by atoms with Gasteiger partial charge >= 0.3 is 6.09 Å². The van der Waals surface area contributed by atoms with E-state index in [4.69, 9.17) is 4.74 Å². The molecule has 31 heavy (non-hydrogen) atoms.